The Morgan fingerprint density at radius 2 is 1.17 bits per heavy atom. The summed E-state index contributed by atoms with van der Waals surface area (Å²) in [5, 5.41) is 53.8. The molecule has 1 aliphatic rings. The molecule has 47 heavy (non-hydrogen) atoms. The third-order valence-corrected chi connectivity index (χ3v) is 9.36. The predicted octanol–water partition coefficient (Wildman–Crippen LogP) is 6.61. The minimum atomic E-state index is -1.56. The number of carbonyl (C=O) groups excluding carboxylic acids is 1. The number of rotatable bonds is 31. The zero-order valence-corrected chi connectivity index (χ0v) is 30.0. The summed E-state index contributed by atoms with van der Waals surface area (Å²) >= 11 is 0. The second kappa shape index (κ2) is 29.8. The third-order valence-electron chi connectivity index (χ3n) is 9.36. The lowest BCUT2D eigenvalue weighted by atomic mass is 9.99. The Hall–Kier alpha value is -1.07. The predicted molar refractivity (Wildman–Crippen MR) is 189 cm³/mol. The van der Waals surface area contributed by atoms with Crippen LogP contribution in [0.5, 0.6) is 0 Å². The van der Waals surface area contributed by atoms with Crippen LogP contribution in [0.2, 0.25) is 0 Å². The van der Waals surface area contributed by atoms with E-state index >= 15 is 0 Å². The van der Waals surface area contributed by atoms with Gasteiger partial charge in [0.25, 0.3) is 0 Å². The van der Waals surface area contributed by atoms with Crippen molar-refractivity contribution in [2.24, 2.45) is 0 Å². The number of amides is 1. The molecule has 0 spiro atoms. The Morgan fingerprint density at radius 1 is 0.702 bits per heavy atom. The number of carbonyl (C=O) groups is 1. The fraction of sp³-hybridized carbons (Fsp3) is 0.921. The number of aliphatic hydroxyl groups is 5. The van der Waals surface area contributed by atoms with Gasteiger partial charge in [-0.3, -0.25) is 4.79 Å². The molecule has 9 heteroatoms. The van der Waals surface area contributed by atoms with Crippen molar-refractivity contribution >= 4 is 5.91 Å². The van der Waals surface area contributed by atoms with Crippen molar-refractivity contribution < 1.29 is 39.8 Å². The third kappa shape index (κ3) is 21.6. The normalized spacial score (nSPS) is 22.9. The number of allylic oxidation sites excluding steroid dienone is 1. The molecule has 1 aliphatic heterocycles. The molecule has 2 unspecified atom stereocenters. The van der Waals surface area contributed by atoms with E-state index in [-0.39, 0.29) is 12.5 Å². The van der Waals surface area contributed by atoms with Crippen molar-refractivity contribution in [3.8, 4) is 0 Å². The van der Waals surface area contributed by atoms with Crippen LogP contribution < -0.4 is 5.32 Å². The van der Waals surface area contributed by atoms with E-state index in [4.69, 9.17) is 9.47 Å². The highest BCUT2D eigenvalue weighted by Gasteiger charge is 2.44. The molecule has 1 amide bonds. The molecule has 0 aromatic rings. The van der Waals surface area contributed by atoms with Crippen LogP contribution in [0.25, 0.3) is 0 Å². The monoisotopic (exact) mass is 672 g/mol. The van der Waals surface area contributed by atoms with E-state index in [0.717, 1.165) is 38.5 Å². The van der Waals surface area contributed by atoms with Gasteiger partial charge in [0.15, 0.2) is 6.29 Å². The SMILES string of the molecule is CCCCCCCCCCCCCC/C=C/[C@@H](O)[C@H](CO[C@@H]1O[C@H](CO)[C@@H](O)C(O)C1O)NC(=O)CCCCCCCCCCCC. The molecular weight excluding hydrogens is 598 g/mol. The lowest BCUT2D eigenvalue weighted by molar-refractivity contribution is -0.302. The van der Waals surface area contributed by atoms with Crippen molar-refractivity contribution in [3.63, 3.8) is 0 Å². The van der Waals surface area contributed by atoms with E-state index in [9.17, 15) is 30.3 Å². The maximum atomic E-state index is 12.8. The molecule has 9 nitrogen and oxygen atoms in total. The van der Waals surface area contributed by atoms with E-state index in [0.29, 0.717) is 6.42 Å². The van der Waals surface area contributed by atoms with Gasteiger partial charge in [0, 0.05) is 6.42 Å². The van der Waals surface area contributed by atoms with Crippen LogP contribution in [0, 0.1) is 0 Å². The molecule has 0 radical (unpaired) electrons. The molecule has 1 saturated heterocycles. The fourth-order valence-corrected chi connectivity index (χ4v) is 6.15. The Balaban J connectivity index is 2.46. The molecular formula is C38H73NO8. The smallest absolute Gasteiger partial charge is 0.220 e. The van der Waals surface area contributed by atoms with Gasteiger partial charge < -0.3 is 40.3 Å². The van der Waals surface area contributed by atoms with Gasteiger partial charge in [-0.1, -0.05) is 154 Å². The van der Waals surface area contributed by atoms with Crippen molar-refractivity contribution in [2.45, 2.75) is 211 Å². The van der Waals surface area contributed by atoms with Gasteiger partial charge >= 0.3 is 0 Å². The summed E-state index contributed by atoms with van der Waals surface area (Å²) < 4.78 is 11.1. The van der Waals surface area contributed by atoms with Crippen LogP contribution >= 0.6 is 0 Å². The van der Waals surface area contributed by atoms with Gasteiger partial charge in [-0.05, 0) is 19.3 Å². The van der Waals surface area contributed by atoms with Crippen LogP contribution in [0.1, 0.15) is 168 Å². The number of aliphatic hydroxyl groups excluding tert-OH is 5. The van der Waals surface area contributed by atoms with Gasteiger partial charge in [-0.15, -0.1) is 0 Å². The molecule has 1 rings (SSSR count). The van der Waals surface area contributed by atoms with Crippen LogP contribution in [-0.2, 0) is 14.3 Å². The zero-order chi connectivity index (χ0) is 34.5. The largest absolute Gasteiger partial charge is 0.394 e. The fourth-order valence-electron chi connectivity index (χ4n) is 6.15. The van der Waals surface area contributed by atoms with Crippen LogP contribution in [0.3, 0.4) is 0 Å². The van der Waals surface area contributed by atoms with Gasteiger partial charge in [0.1, 0.15) is 24.4 Å². The maximum Gasteiger partial charge on any atom is 0.220 e. The molecule has 0 aromatic carbocycles. The second-order valence-corrected chi connectivity index (χ2v) is 13.7. The average molecular weight is 672 g/mol. The van der Waals surface area contributed by atoms with E-state index in [2.05, 4.69) is 19.2 Å². The number of ether oxygens (including phenoxy) is 2. The minimum absolute atomic E-state index is 0.180. The lowest BCUT2D eigenvalue weighted by Crippen LogP contribution is -2.60. The minimum Gasteiger partial charge on any atom is -0.394 e. The first-order valence-corrected chi connectivity index (χ1v) is 19.4. The first kappa shape index (κ1) is 44.0. The maximum absolute atomic E-state index is 12.8. The summed E-state index contributed by atoms with van der Waals surface area (Å²) in [6.07, 6.45) is 23.9. The van der Waals surface area contributed by atoms with Gasteiger partial charge in [-0.2, -0.15) is 0 Å². The Bertz CT molecular complexity index is 751. The highest BCUT2D eigenvalue weighted by molar-refractivity contribution is 5.76. The number of hydrogen-bond donors (Lipinski definition) is 6. The summed E-state index contributed by atoms with van der Waals surface area (Å²) in [6.45, 7) is 3.73. The van der Waals surface area contributed by atoms with Crippen LogP contribution in [0.15, 0.2) is 12.2 Å². The number of hydrogen-bond acceptors (Lipinski definition) is 8. The molecule has 0 saturated carbocycles. The highest BCUT2D eigenvalue weighted by Crippen LogP contribution is 2.22. The van der Waals surface area contributed by atoms with E-state index in [1.165, 1.54) is 109 Å². The van der Waals surface area contributed by atoms with Crippen LogP contribution in [-0.4, -0.2) is 87.5 Å². The topological polar surface area (TPSA) is 149 Å². The van der Waals surface area contributed by atoms with Gasteiger partial charge in [0.2, 0.25) is 5.91 Å². The Kier molecular flexibility index (Phi) is 27.9. The zero-order valence-electron chi connectivity index (χ0n) is 30.0. The lowest BCUT2D eigenvalue weighted by Gasteiger charge is -2.40. The van der Waals surface area contributed by atoms with E-state index < -0.39 is 49.5 Å². The Labute approximate surface area is 286 Å². The molecule has 0 bridgehead atoms. The molecule has 1 heterocycles. The first-order valence-electron chi connectivity index (χ1n) is 19.4. The van der Waals surface area contributed by atoms with Crippen LogP contribution in [0.4, 0.5) is 0 Å². The molecule has 6 N–H and O–H groups in total. The van der Waals surface area contributed by atoms with Crippen molar-refractivity contribution in [2.75, 3.05) is 13.2 Å². The summed E-state index contributed by atoms with van der Waals surface area (Å²) in [6, 6.07) is -0.795. The first-order chi connectivity index (χ1) is 22.8. The summed E-state index contributed by atoms with van der Waals surface area (Å²) in [5.41, 5.74) is 0. The number of nitrogens with one attached hydrogen (secondary N) is 1. The summed E-state index contributed by atoms with van der Waals surface area (Å²) in [7, 11) is 0. The van der Waals surface area contributed by atoms with Crippen molar-refractivity contribution in [1.82, 2.24) is 5.32 Å². The summed E-state index contributed by atoms with van der Waals surface area (Å²) in [4.78, 5) is 12.8. The van der Waals surface area contributed by atoms with Crippen molar-refractivity contribution in [1.29, 1.82) is 0 Å². The Morgan fingerprint density at radius 3 is 1.66 bits per heavy atom. The van der Waals surface area contributed by atoms with E-state index in [1.807, 2.05) is 6.08 Å². The van der Waals surface area contributed by atoms with Gasteiger partial charge in [0.05, 0.1) is 25.4 Å². The molecule has 7 atom stereocenters. The average Bonchev–Trinajstić information content (AvgIpc) is 3.07. The van der Waals surface area contributed by atoms with Gasteiger partial charge in [-0.25, -0.2) is 0 Å². The molecule has 0 aliphatic carbocycles. The molecule has 278 valence electrons. The summed E-state index contributed by atoms with van der Waals surface area (Å²) in [5.74, 6) is -0.180. The van der Waals surface area contributed by atoms with E-state index in [1.54, 1.807) is 6.08 Å². The standard InChI is InChI=1S/C38H73NO8/c1-3-5-7-9-11-13-15-16-17-18-19-21-23-25-27-32(41)31(30-46-38-37(45)36(44)35(43)33(29-40)47-38)39-34(42)28-26-24-22-20-14-12-10-8-6-4-2/h25,27,31-33,35-38,40-41,43-45H,3-24,26,28-30H2,1-2H3,(H,39,42)/b27-25+/t31-,32+,33+,35+,36?,37?,38+/m0/s1. The molecule has 1 fully saturated rings. The second-order valence-electron chi connectivity index (χ2n) is 13.7. The number of unbranched alkanes of at least 4 members (excludes halogenated alkanes) is 21. The molecule has 0 aromatic heterocycles. The quantitative estimate of drug-likeness (QED) is 0.0357. The van der Waals surface area contributed by atoms with Crippen molar-refractivity contribution in [3.05, 3.63) is 12.2 Å². The highest BCUT2D eigenvalue weighted by atomic mass is 16.7.